The second kappa shape index (κ2) is 7.56. The zero-order chi connectivity index (χ0) is 17.6. The molecule has 124 valence electrons. The minimum atomic E-state index is -0.512. The summed E-state index contributed by atoms with van der Waals surface area (Å²) >= 11 is 0. The summed E-state index contributed by atoms with van der Waals surface area (Å²) < 4.78 is 5.13. The molecule has 0 atom stereocenters. The Bertz CT molecular complexity index is 745. The van der Waals surface area contributed by atoms with E-state index in [2.05, 4.69) is 17.2 Å². The third-order valence-electron chi connectivity index (χ3n) is 3.04. The van der Waals surface area contributed by atoms with Gasteiger partial charge in [0, 0.05) is 5.56 Å². The third kappa shape index (κ3) is 5.69. The van der Waals surface area contributed by atoms with E-state index < -0.39 is 11.7 Å². The molecule has 0 saturated heterocycles. The van der Waals surface area contributed by atoms with E-state index in [0.717, 1.165) is 16.7 Å². The van der Waals surface area contributed by atoms with Crippen molar-refractivity contribution < 1.29 is 14.6 Å². The highest BCUT2D eigenvalue weighted by molar-refractivity contribution is 5.68. The molecule has 0 spiro atoms. The van der Waals surface area contributed by atoms with Crippen LogP contribution in [0.15, 0.2) is 48.5 Å². The summed E-state index contributed by atoms with van der Waals surface area (Å²) in [7, 11) is 0. The van der Waals surface area contributed by atoms with Gasteiger partial charge in [-0.15, -0.1) is 0 Å². The molecule has 0 aliphatic rings. The van der Waals surface area contributed by atoms with Gasteiger partial charge in [0.05, 0.1) is 6.54 Å². The summed E-state index contributed by atoms with van der Waals surface area (Å²) in [5.41, 5.74) is 2.43. The van der Waals surface area contributed by atoms with Gasteiger partial charge in [0.1, 0.15) is 11.4 Å². The molecule has 0 heterocycles. The number of phenols is 1. The van der Waals surface area contributed by atoms with Crippen LogP contribution in [0.3, 0.4) is 0 Å². The number of hydrogen-bond acceptors (Lipinski definition) is 3. The molecule has 2 aromatic carbocycles. The lowest BCUT2D eigenvalue weighted by atomic mass is 10.0. The highest BCUT2D eigenvalue weighted by Crippen LogP contribution is 2.21. The molecule has 0 aliphatic carbocycles. The molecule has 2 rings (SSSR count). The first-order valence-electron chi connectivity index (χ1n) is 7.69. The standard InChI is InChI=1S/C20H21NO3/c1-20(2,3)24-19(23)21-14-4-5-15-6-8-16(9-7-15)17-10-12-18(22)13-11-17/h6-13,22H,14H2,1-3H3,(H,21,23). The number of carbonyl (C=O) groups is 1. The van der Waals surface area contributed by atoms with E-state index in [9.17, 15) is 9.90 Å². The van der Waals surface area contributed by atoms with Gasteiger partial charge in [-0.25, -0.2) is 4.79 Å². The first-order chi connectivity index (χ1) is 11.3. The molecule has 24 heavy (non-hydrogen) atoms. The Morgan fingerprint density at radius 1 is 1.04 bits per heavy atom. The number of alkyl carbamates (subject to hydrolysis) is 1. The van der Waals surface area contributed by atoms with Crippen LogP contribution >= 0.6 is 0 Å². The summed E-state index contributed by atoms with van der Waals surface area (Å²) in [4.78, 5) is 11.5. The monoisotopic (exact) mass is 323 g/mol. The van der Waals surface area contributed by atoms with E-state index >= 15 is 0 Å². The SMILES string of the molecule is CC(C)(C)OC(=O)NCC#Cc1ccc(-c2ccc(O)cc2)cc1. The predicted molar refractivity (Wildman–Crippen MR) is 94.7 cm³/mol. The quantitative estimate of drug-likeness (QED) is 0.823. The van der Waals surface area contributed by atoms with Crippen LogP contribution in [0.5, 0.6) is 5.75 Å². The zero-order valence-corrected chi connectivity index (χ0v) is 14.1. The second-order valence-electron chi connectivity index (χ2n) is 6.28. The van der Waals surface area contributed by atoms with Gasteiger partial charge in [0.2, 0.25) is 0 Å². The maximum atomic E-state index is 11.5. The van der Waals surface area contributed by atoms with Crippen molar-refractivity contribution in [2.45, 2.75) is 26.4 Å². The normalized spacial score (nSPS) is 10.5. The fourth-order valence-corrected chi connectivity index (χ4v) is 1.98. The van der Waals surface area contributed by atoms with Crippen molar-refractivity contribution in [2.75, 3.05) is 6.54 Å². The van der Waals surface area contributed by atoms with Crippen LogP contribution < -0.4 is 5.32 Å². The summed E-state index contributed by atoms with van der Waals surface area (Å²) in [5.74, 6) is 6.13. The van der Waals surface area contributed by atoms with Crippen molar-refractivity contribution in [1.29, 1.82) is 0 Å². The van der Waals surface area contributed by atoms with Gasteiger partial charge in [-0.3, -0.25) is 0 Å². The molecule has 4 nitrogen and oxygen atoms in total. The van der Waals surface area contributed by atoms with Gasteiger partial charge in [0.25, 0.3) is 0 Å². The van der Waals surface area contributed by atoms with Crippen LogP contribution in [-0.4, -0.2) is 23.3 Å². The number of amides is 1. The Labute approximate surface area is 142 Å². The number of hydrogen-bond donors (Lipinski definition) is 2. The number of ether oxygens (including phenoxy) is 1. The highest BCUT2D eigenvalue weighted by atomic mass is 16.6. The molecular formula is C20H21NO3. The van der Waals surface area contributed by atoms with E-state index in [4.69, 9.17) is 4.74 Å². The Balaban J connectivity index is 1.91. The largest absolute Gasteiger partial charge is 0.508 e. The van der Waals surface area contributed by atoms with Crippen molar-refractivity contribution in [2.24, 2.45) is 0 Å². The molecular weight excluding hydrogens is 302 g/mol. The molecule has 0 fully saturated rings. The first-order valence-corrected chi connectivity index (χ1v) is 7.69. The average molecular weight is 323 g/mol. The maximum absolute atomic E-state index is 11.5. The van der Waals surface area contributed by atoms with Crippen LogP contribution in [0.2, 0.25) is 0 Å². The number of nitrogens with one attached hydrogen (secondary N) is 1. The fraction of sp³-hybridized carbons (Fsp3) is 0.250. The lowest BCUT2D eigenvalue weighted by Crippen LogP contribution is -2.32. The van der Waals surface area contributed by atoms with Crippen LogP contribution in [0.1, 0.15) is 26.3 Å². The number of benzene rings is 2. The lowest BCUT2D eigenvalue weighted by Gasteiger charge is -2.18. The van der Waals surface area contributed by atoms with Crippen molar-refractivity contribution >= 4 is 6.09 Å². The molecule has 2 aromatic rings. The van der Waals surface area contributed by atoms with Crippen molar-refractivity contribution in [3.63, 3.8) is 0 Å². The van der Waals surface area contributed by atoms with Crippen LogP contribution in [0.4, 0.5) is 4.79 Å². The highest BCUT2D eigenvalue weighted by Gasteiger charge is 2.14. The van der Waals surface area contributed by atoms with Gasteiger partial charge in [-0.2, -0.15) is 0 Å². The molecule has 2 N–H and O–H groups in total. The Morgan fingerprint density at radius 3 is 2.12 bits per heavy atom. The minimum absolute atomic E-state index is 0.231. The summed E-state index contributed by atoms with van der Waals surface area (Å²) in [5, 5.41) is 11.9. The molecule has 0 unspecified atom stereocenters. The Hall–Kier alpha value is -2.93. The van der Waals surface area contributed by atoms with Gasteiger partial charge < -0.3 is 15.2 Å². The molecule has 1 amide bonds. The number of carbonyl (C=O) groups excluding carboxylic acids is 1. The van der Waals surface area contributed by atoms with Gasteiger partial charge in [0.15, 0.2) is 0 Å². The molecule has 0 saturated carbocycles. The fourth-order valence-electron chi connectivity index (χ4n) is 1.98. The number of aromatic hydroxyl groups is 1. The average Bonchev–Trinajstić information content (AvgIpc) is 2.51. The number of phenolic OH excluding ortho intramolecular Hbond substituents is 1. The number of rotatable bonds is 2. The summed E-state index contributed by atoms with van der Waals surface area (Å²) in [6.45, 7) is 5.67. The van der Waals surface area contributed by atoms with Gasteiger partial charge in [-0.1, -0.05) is 36.1 Å². The van der Waals surface area contributed by atoms with Gasteiger partial charge >= 0.3 is 6.09 Å². The maximum Gasteiger partial charge on any atom is 0.408 e. The molecule has 0 aromatic heterocycles. The second-order valence-corrected chi connectivity index (χ2v) is 6.28. The Kier molecular flexibility index (Phi) is 5.49. The zero-order valence-electron chi connectivity index (χ0n) is 14.1. The molecule has 0 aliphatic heterocycles. The van der Waals surface area contributed by atoms with E-state index in [1.807, 2.05) is 57.2 Å². The molecule has 0 bridgehead atoms. The van der Waals surface area contributed by atoms with Crippen molar-refractivity contribution in [3.8, 4) is 28.7 Å². The smallest absolute Gasteiger partial charge is 0.408 e. The van der Waals surface area contributed by atoms with Crippen LogP contribution in [0, 0.1) is 11.8 Å². The summed E-state index contributed by atoms with van der Waals surface area (Å²) in [6, 6.07) is 14.8. The summed E-state index contributed by atoms with van der Waals surface area (Å²) in [6.07, 6.45) is -0.473. The minimum Gasteiger partial charge on any atom is -0.508 e. The van der Waals surface area contributed by atoms with E-state index in [-0.39, 0.29) is 12.3 Å². The van der Waals surface area contributed by atoms with E-state index in [0.29, 0.717) is 0 Å². The third-order valence-corrected chi connectivity index (χ3v) is 3.04. The van der Waals surface area contributed by atoms with E-state index in [1.165, 1.54) is 0 Å². The van der Waals surface area contributed by atoms with Crippen molar-refractivity contribution in [3.05, 3.63) is 54.1 Å². The van der Waals surface area contributed by atoms with E-state index in [1.54, 1.807) is 12.1 Å². The van der Waals surface area contributed by atoms with Crippen LogP contribution in [0.25, 0.3) is 11.1 Å². The predicted octanol–water partition coefficient (Wildman–Crippen LogP) is 3.94. The molecule has 4 heteroatoms. The first kappa shape index (κ1) is 17.4. The molecule has 0 radical (unpaired) electrons. The lowest BCUT2D eigenvalue weighted by molar-refractivity contribution is 0.0535. The van der Waals surface area contributed by atoms with Crippen LogP contribution in [-0.2, 0) is 4.74 Å². The Morgan fingerprint density at radius 2 is 1.58 bits per heavy atom. The van der Waals surface area contributed by atoms with Crippen molar-refractivity contribution in [1.82, 2.24) is 5.32 Å². The van der Waals surface area contributed by atoms with Gasteiger partial charge in [-0.05, 0) is 56.2 Å². The topological polar surface area (TPSA) is 58.6 Å².